The Kier molecular flexibility index (Phi) is 2.36. The van der Waals surface area contributed by atoms with E-state index in [0.29, 0.717) is 0 Å². The monoisotopic (exact) mass is 299 g/mol. The van der Waals surface area contributed by atoms with E-state index in [1.807, 2.05) is 48.5 Å². The molecular weight excluding hydrogens is 286 g/mol. The standard InChI is InChI=1S/C18H13N5/c1-23-17-11(10-21-23)9-20-18-14(17)8-16(22-18)13-4-2-6-15-12(13)5-3-7-19-15/h2-10H,1H3,(H,20,22). The molecule has 4 heterocycles. The first-order chi connectivity index (χ1) is 11.3. The van der Waals surface area contributed by atoms with E-state index in [9.17, 15) is 0 Å². The molecule has 0 amide bonds. The van der Waals surface area contributed by atoms with Gasteiger partial charge in [0.25, 0.3) is 0 Å². The van der Waals surface area contributed by atoms with Crippen LogP contribution in [0.15, 0.2) is 55.0 Å². The molecule has 0 aliphatic carbocycles. The van der Waals surface area contributed by atoms with Crippen LogP contribution in [0.25, 0.3) is 44.1 Å². The number of H-pyrrole nitrogens is 1. The number of hydrogen-bond acceptors (Lipinski definition) is 3. The van der Waals surface area contributed by atoms with Gasteiger partial charge in [-0.15, -0.1) is 0 Å². The molecule has 0 spiro atoms. The van der Waals surface area contributed by atoms with E-state index in [2.05, 4.69) is 38.2 Å². The molecule has 1 aromatic carbocycles. The average Bonchev–Trinajstić information content (AvgIpc) is 3.17. The molecule has 0 saturated heterocycles. The lowest BCUT2D eigenvalue weighted by Crippen LogP contribution is -1.89. The number of hydrogen-bond donors (Lipinski definition) is 1. The summed E-state index contributed by atoms with van der Waals surface area (Å²) < 4.78 is 1.89. The van der Waals surface area contributed by atoms with Crippen LogP contribution in [-0.4, -0.2) is 24.7 Å². The second-order valence-corrected chi connectivity index (χ2v) is 5.65. The van der Waals surface area contributed by atoms with E-state index >= 15 is 0 Å². The number of aromatic nitrogens is 5. The fraction of sp³-hybridized carbons (Fsp3) is 0.0556. The maximum atomic E-state index is 4.52. The topological polar surface area (TPSA) is 59.4 Å². The lowest BCUT2D eigenvalue weighted by molar-refractivity contribution is 0.799. The summed E-state index contributed by atoms with van der Waals surface area (Å²) in [5, 5.41) is 7.59. The lowest BCUT2D eigenvalue weighted by Gasteiger charge is -2.03. The predicted octanol–water partition coefficient (Wildman–Crippen LogP) is 3.66. The maximum Gasteiger partial charge on any atom is 0.139 e. The summed E-state index contributed by atoms with van der Waals surface area (Å²) in [5.41, 5.74) is 5.12. The Hall–Kier alpha value is -3.21. The summed E-state index contributed by atoms with van der Waals surface area (Å²) in [6, 6.07) is 12.4. The van der Waals surface area contributed by atoms with Crippen molar-refractivity contribution >= 4 is 32.8 Å². The lowest BCUT2D eigenvalue weighted by atomic mass is 10.1. The van der Waals surface area contributed by atoms with Crippen molar-refractivity contribution in [1.82, 2.24) is 24.7 Å². The number of benzene rings is 1. The maximum absolute atomic E-state index is 4.52. The van der Waals surface area contributed by atoms with Crippen molar-refractivity contribution in [3.05, 3.63) is 55.0 Å². The number of aryl methyl sites for hydroxylation is 1. The van der Waals surface area contributed by atoms with Crippen LogP contribution < -0.4 is 0 Å². The van der Waals surface area contributed by atoms with Crippen molar-refractivity contribution in [2.45, 2.75) is 0 Å². The molecule has 0 fully saturated rings. The Labute approximate surface area is 131 Å². The van der Waals surface area contributed by atoms with Gasteiger partial charge in [0.1, 0.15) is 5.65 Å². The first-order valence-corrected chi connectivity index (χ1v) is 7.45. The van der Waals surface area contributed by atoms with Crippen LogP contribution in [0.1, 0.15) is 0 Å². The van der Waals surface area contributed by atoms with E-state index < -0.39 is 0 Å². The van der Waals surface area contributed by atoms with E-state index in [1.165, 1.54) is 0 Å². The average molecular weight is 299 g/mol. The Morgan fingerprint density at radius 2 is 1.96 bits per heavy atom. The molecule has 110 valence electrons. The van der Waals surface area contributed by atoms with Gasteiger partial charge in [0.2, 0.25) is 0 Å². The third-order valence-corrected chi connectivity index (χ3v) is 4.29. The number of fused-ring (bicyclic) bond motifs is 4. The number of nitrogens with zero attached hydrogens (tertiary/aromatic N) is 4. The first-order valence-electron chi connectivity index (χ1n) is 7.45. The zero-order chi connectivity index (χ0) is 15.4. The van der Waals surface area contributed by atoms with Gasteiger partial charge in [-0.3, -0.25) is 9.67 Å². The Balaban J connectivity index is 1.86. The molecule has 0 aliphatic heterocycles. The molecule has 0 saturated carbocycles. The van der Waals surface area contributed by atoms with Crippen molar-refractivity contribution in [3.8, 4) is 11.3 Å². The van der Waals surface area contributed by atoms with Crippen molar-refractivity contribution in [2.75, 3.05) is 0 Å². The largest absolute Gasteiger partial charge is 0.339 e. The van der Waals surface area contributed by atoms with Crippen LogP contribution in [0.2, 0.25) is 0 Å². The Morgan fingerprint density at radius 1 is 1.00 bits per heavy atom. The van der Waals surface area contributed by atoms with E-state index in [-0.39, 0.29) is 0 Å². The van der Waals surface area contributed by atoms with Crippen molar-refractivity contribution in [3.63, 3.8) is 0 Å². The van der Waals surface area contributed by atoms with Gasteiger partial charge < -0.3 is 4.98 Å². The predicted molar refractivity (Wildman–Crippen MR) is 91.1 cm³/mol. The molecule has 5 aromatic rings. The minimum atomic E-state index is 0.872. The molecule has 0 aliphatic rings. The van der Waals surface area contributed by atoms with Gasteiger partial charge in [0, 0.05) is 46.9 Å². The molecule has 0 bridgehead atoms. The van der Waals surface area contributed by atoms with Crippen LogP contribution >= 0.6 is 0 Å². The fourth-order valence-corrected chi connectivity index (χ4v) is 3.22. The van der Waals surface area contributed by atoms with Crippen LogP contribution in [0.5, 0.6) is 0 Å². The molecule has 5 nitrogen and oxygen atoms in total. The smallest absolute Gasteiger partial charge is 0.139 e. The molecule has 5 heteroatoms. The minimum Gasteiger partial charge on any atom is -0.339 e. The van der Waals surface area contributed by atoms with Crippen LogP contribution in [0, 0.1) is 0 Å². The molecule has 1 N–H and O–H groups in total. The second kappa shape index (κ2) is 4.39. The molecular formula is C18H13N5. The third-order valence-electron chi connectivity index (χ3n) is 4.29. The van der Waals surface area contributed by atoms with Crippen LogP contribution in [0.4, 0.5) is 0 Å². The van der Waals surface area contributed by atoms with Crippen molar-refractivity contribution < 1.29 is 0 Å². The second-order valence-electron chi connectivity index (χ2n) is 5.65. The van der Waals surface area contributed by atoms with Gasteiger partial charge in [-0.1, -0.05) is 18.2 Å². The molecule has 23 heavy (non-hydrogen) atoms. The fourth-order valence-electron chi connectivity index (χ4n) is 3.22. The van der Waals surface area contributed by atoms with Crippen LogP contribution in [0.3, 0.4) is 0 Å². The normalized spacial score (nSPS) is 11.7. The van der Waals surface area contributed by atoms with Gasteiger partial charge in [-0.2, -0.15) is 5.10 Å². The summed E-state index contributed by atoms with van der Waals surface area (Å²) in [6.45, 7) is 0. The molecule has 0 radical (unpaired) electrons. The van der Waals surface area contributed by atoms with Gasteiger partial charge in [-0.25, -0.2) is 4.98 Å². The quantitative estimate of drug-likeness (QED) is 0.514. The molecule has 4 aromatic heterocycles. The van der Waals surface area contributed by atoms with Crippen molar-refractivity contribution in [2.24, 2.45) is 7.05 Å². The highest BCUT2D eigenvalue weighted by Gasteiger charge is 2.12. The Morgan fingerprint density at radius 3 is 2.91 bits per heavy atom. The summed E-state index contributed by atoms with van der Waals surface area (Å²) in [6.07, 6.45) is 5.52. The van der Waals surface area contributed by atoms with Crippen molar-refractivity contribution in [1.29, 1.82) is 0 Å². The summed E-state index contributed by atoms with van der Waals surface area (Å²) in [7, 11) is 1.95. The highest BCUT2D eigenvalue weighted by Crippen LogP contribution is 2.31. The zero-order valence-corrected chi connectivity index (χ0v) is 12.5. The summed E-state index contributed by atoms with van der Waals surface area (Å²) in [5.74, 6) is 0. The molecule has 0 unspecified atom stereocenters. The summed E-state index contributed by atoms with van der Waals surface area (Å²) >= 11 is 0. The number of pyridine rings is 2. The molecule has 5 rings (SSSR count). The van der Waals surface area contributed by atoms with Gasteiger partial charge in [0.15, 0.2) is 0 Å². The van der Waals surface area contributed by atoms with E-state index in [0.717, 1.165) is 44.1 Å². The highest BCUT2D eigenvalue weighted by atomic mass is 15.2. The van der Waals surface area contributed by atoms with E-state index in [1.54, 1.807) is 0 Å². The van der Waals surface area contributed by atoms with E-state index in [4.69, 9.17) is 0 Å². The minimum absolute atomic E-state index is 0.872. The zero-order valence-electron chi connectivity index (χ0n) is 12.5. The van der Waals surface area contributed by atoms with Crippen LogP contribution in [-0.2, 0) is 7.05 Å². The van der Waals surface area contributed by atoms with Gasteiger partial charge >= 0.3 is 0 Å². The molecule has 0 atom stereocenters. The van der Waals surface area contributed by atoms with Gasteiger partial charge in [0.05, 0.1) is 17.2 Å². The number of aromatic amines is 1. The highest BCUT2D eigenvalue weighted by molar-refractivity contribution is 6.05. The summed E-state index contributed by atoms with van der Waals surface area (Å²) in [4.78, 5) is 12.4. The Bertz CT molecular complexity index is 1180. The first kappa shape index (κ1) is 12.3. The van der Waals surface area contributed by atoms with Gasteiger partial charge in [-0.05, 0) is 18.2 Å². The third kappa shape index (κ3) is 1.70. The number of rotatable bonds is 1. The SMILES string of the molecule is Cn1ncc2cnc3[nH]c(-c4cccc5ncccc45)cc3c21. The number of nitrogens with one attached hydrogen (secondary N) is 1.